The van der Waals surface area contributed by atoms with Crippen molar-refractivity contribution in [3.63, 3.8) is 0 Å². The summed E-state index contributed by atoms with van der Waals surface area (Å²) in [4.78, 5) is 24.2. The van der Waals surface area contributed by atoms with Gasteiger partial charge >= 0.3 is 5.97 Å². The summed E-state index contributed by atoms with van der Waals surface area (Å²) in [5.41, 5.74) is -1.01. The molecule has 16 heavy (non-hydrogen) atoms. The van der Waals surface area contributed by atoms with Gasteiger partial charge in [-0.05, 0) is 13.3 Å². The first-order valence-electron chi connectivity index (χ1n) is 5.15. The van der Waals surface area contributed by atoms with Crippen LogP contribution in [-0.2, 0) is 14.3 Å². The van der Waals surface area contributed by atoms with E-state index in [0.717, 1.165) is 0 Å². The van der Waals surface area contributed by atoms with Crippen molar-refractivity contribution in [2.75, 3.05) is 20.7 Å². The van der Waals surface area contributed by atoms with Crippen LogP contribution < -0.4 is 0 Å². The smallest absolute Gasteiger partial charge is 0.307 e. The zero-order valence-electron chi connectivity index (χ0n) is 10.2. The quantitative estimate of drug-likeness (QED) is 0.654. The minimum absolute atomic E-state index is 0.143. The number of nitriles is 1. The van der Waals surface area contributed by atoms with Crippen molar-refractivity contribution in [2.24, 2.45) is 5.41 Å². The predicted molar refractivity (Wildman–Crippen MR) is 58.3 cm³/mol. The van der Waals surface area contributed by atoms with Crippen LogP contribution in [0.15, 0.2) is 0 Å². The molecule has 0 aliphatic carbocycles. The van der Waals surface area contributed by atoms with E-state index in [1.165, 1.54) is 12.0 Å². The number of ether oxygens (including phenoxy) is 1. The van der Waals surface area contributed by atoms with Crippen molar-refractivity contribution >= 4 is 11.9 Å². The number of amides is 1. The number of carbonyl (C=O) groups excluding carboxylic acids is 2. The number of nitrogens with zero attached hydrogens (tertiary/aromatic N) is 2. The number of hydrogen-bond donors (Lipinski definition) is 0. The molecule has 0 heterocycles. The van der Waals surface area contributed by atoms with Gasteiger partial charge in [0.05, 0.1) is 19.6 Å². The van der Waals surface area contributed by atoms with Gasteiger partial charge in [0.2, 0.25) is 5.91 Å². The molecule has 0 N–H and O–H groups in total. The largest absolute Gasteiger partial charge is 0.469 e. The average molecular weight is 226 g/mol. The summed E-state index contributed by atoms with van der Waals surface area (Å²) in [6.45, 7) is 3.65. The van der Waals surface area contributed by atoms with Crippen LogP contribution in [0.2, 0.25) is 0 Å². The highest BCUT2D eigenvalue weighted by Gasteiger charge is 2.33. The molecule has 0 aromatic carbocycles. The number of rotatable bonds is 5. The van der Waals surface area contributed by atoms with E-state index in [-0.39, 0.29) is 24.8 Å². The minimum Gasteiger partial charge on any atom is -0.469 e. The first-order chi connectivity index (χ1) is 7.41. The van der Waals surface area contributed by atoms with Crippen LogP contribution >= 0.6 is 0 Å². The number of carbonyl (C=O) groups is 2. The molecule has 0 saturated heterocycles. The summed E-state index contributed by atoms with van der Waals surface area (Å²) >= 11 is 0. The molecule has 0 aliphatic heterocycles. The lowest BCUT2D eigenvalue weighted by atomic mass is 9.88. The SMILES string of the molecule is CCC(C)(C#N)C(=O)N(C)CCC(=O)OC. The van der Waals surface area contributed by atoms with E-state index in [9.17, 15) is 9.59 Å². The van der Waals surface area contributed by atoms with Crippen LogP contribution in [0.1, 0.15) is 26.7 Å². The first kappa shape index (κ1) is 14.4. The highest BCUT2D eigenvalue weighted by Crippen LogP contribution is 2.22. The van der Waals surface area contributed by atoms with E-state index in [1.54, 1.807) is 20.9 Å². The summed E-state index contributed by atoms with van der Waals surface area (Å²) in [5.74, 6) is -0.629. The first-order valence-corrected chi connectivity index (χ1v) is 5.15. The van der Waals surface area contributed by atoms with Gasteiger partial charge in [0.25, 0.3) is 0 Å². The Labute approximate surface area is 96.0 Å². The zero-order chi connectivity index (χ0) is 12.8. The summed E-state index contributed by atoms with van der Waals surface area (Å²) in [5, 5.41) is 8.94. The predicted octanol–water partition coefficient (Wildman–Crippen LogP) is 0.948. The van der Waals surface area contributed by atoms with Gasteiger partial charge in [-0.3, -0.25) is 9.59 Å². The molecular weight excluding hydrogens is 208 g/mol. The van der Waals surface area contributed by atoms with E-state index in [0.29, 0.717) is 6.42 Å². The Kier molecular flexibility index (Phi) is 5.51. The number of hydrogen-bond acceptors (Lipinski definition) is 4. The minimum atomic E-state index is -1.01. The zero-order valence-corrected chi connectivity index (χ0v) is 10.2. The van der Waals surface area contributed by atoms with Gasteiger partial charge in [-0.2, -0.15) is 5.26 Å². The highest BCUT2D eigenvalue weighted by molar-refractivity contribution is 5.85. The van der Waals surface area contributed by atoms with Crippen LogP contribution in [0.25, 0.3) is 0 Å². The summed E-state index contributed by atoms with van der Waals surface area (Å²) in [6.07, 6.45) is 0.592. The van der Waals surface area contributed by atoms with E-state index in [1.807, 2.05) is 6.07 Å². The van der Waals surface area contributed by atoms with Gasteiger partial charge in [0.1, 0.15) is 5.41 Å². The second-order valence-electron chi connectivity index (χ2n) is 3.85. The lowest BCUT2D eigenvalue weighted by molar-refractivity contribution is -0.142. The normalized spacial score (nSPS) is 13.4. The topological polar surface area (TPSA) is 70.4 Å². The van der Waals surface area contributed by atoms with Crippen molar-refractivity contribution in [3.05, 3.63) is 0 Å². The maximum Gasteiger partial charge on any atom is 0.307 e. The van der Waals surface area contributed by atoms with Crippen molar-refractivity contribution in [2.45, 2.75) is 26.7 Å². The molecule has 1 atom stereocenters. The Morgan fingerprint density at radius 1 is 1.50 bits per heavy atom. The molecule has 5 heteroatoms. The van der Waals surface area contributed by atoms with Crippen LogP contribution in [0.5, 0.6) is 0 Å². The van der Waals surface area contributed by atoms with Crippen molar-refractivity contribution in [1.82, 2.24) is 4.90 Å². The Morgan fingerprint density at radius 2 is 2.06 bits per heavy atom. The van der Waals surface area contributed by atoms with E-state index in [2.05, 4.69) is 4.74 Å². The van der Waals surface area contributed by atoms with E-state index in [4.69, 9.17) is 5.26 Å². The molecule has 0 rings (SSSR count). The summed E-state index contributed by atoms with van der Waals surface area (Å²) in [7, 11) is 2.88. The van der Waals surface area contributed by atoms with Crippen molar-refractivity contribution in [1.29, 1.82) is 5.26 Å². The van der Waals surface area contributed by atoms with Gasteiger partial charge in [0, 0.05) is 13.6 Å². The Morgan fingerprint density at radius 3 is 2.44 bits per heavy atom. The monoisotopic (exact) mass is 226 g/mol. The lowest BCUT2D eigenvalue weighted by Crippen LogP contribution is -2.40. The third-order valence-corrected chi connectivity index (χ3v) is 2.65. The van der Waals surface area contributed by atoms with Crippen LogP contribution in [-0.4, -0.2) is 37.5 Å². The third-order valence-electron chi connectivity index (χ3n) is 2.65. The molecule has 0 radical (unpaired) electrons. The van der Waals surface area contributed by atoms with Crippen LogP contribution in [0.3, 0.4) is 0 Å². The molecule has 1 unspecified atom stereocenters. The molecule has 0 fully saturated rings. The van der Waals surface area contributed by atoms with Crippen LogP contribution in [0, 0.1) is 16.7 Å². The number of esters is 1. The maximum absolute atomic E-state index is 11.9. The molecule has 5 nitrogen and oxygen atoms in total. The average Bonchev–Trinajstić information content (AvgIpc) is 2.33. The lowest BCUT2D eigenvalue weighted by Gasteiger charge is -2.25. The molecule has 1 amide bonds. The third kappa shape index (κ3) is 3.54. The number of methoxy groups -OCH3 is 1. The molecule has 0 spiro atoms. The van der Waals surface area contributed by atoms with Gasteiger partial charge < -0.3 is 9.64 Å². The summed E-state index contributed by atoms with van der Waals surface area (Å²) in [6, 6.07) is 2.00. The Bertz CT molecular complexity index is 309. The highest BCUT2D eigenvalue weighted by atomic mass is 16.5. The molecule has 0 aromatic heterocycles. The second-order valence-corrected chi connectivity index (χ2v) is 3.85. The molecule has 0 saturated carbocycles. The van der Waals surface area contributed by atoms with E-state index < -0.39 is 5.41 Å². The summed E-state index contributed by atoms with van der Waals surface area (Å²) < 4.78 is 4.48. The van der Waals surface area contributed by atoms with Crippen molar-refractivity contribution in [3.8, 4) is 6.07 Å². The van der Waals surface area contributed by atoms with E-state index >= 15 is 0 Å². The van der Waals surface area contributed by atoms with Gasteiger partial charge in [-0.1, -0.05) is 6.92 Å². The van der Waals surface area contributed by atoms with Gasteiger partial charge in [-0.25, -0.2) is 0 Å². The molecule has 0 aromatic rings. The fraction of sp³-hybridized carbons (Fsp3) is 0.727. The van der Waals surface area contributed by atoms with Gasteiger partial charge in [0.15, 0.2) is 0 Å². The standard InChI is InChI=1S/C11H18N2O3/c1-5-11(2,8-12)10(15)13(3)7-6-9(14)16-4/h5-7H2,1-4H3. The van der Waals surface area contributed by atoms with Crippen LogP contribution in [0.4, 0.5) is 0 Å². The molecule has 0 aliphatic rings. The fourth-order valence-electron chi connectivity index (χ4n) is 1.16. The molecule has 90 valence electrons. The Balaban J connectivity index is 4.40. The van der Waals surface area contributed by atoms with Gasteiger partial charge in [-0.15, -0.1) is 0 Å². The fourth-order valence-corrected chi connectivity index (χ4v) is 1.16. The molecule has 0 bridgehead atoms. The maximum atomic E-state index is 11.9. The Hall–Kier alpha value is -1.57. The molecular formula is C11H18N2O3. The van der Waals surface area contributed by atoms with Crippen molar-refractivity contribution < 1.29 is 14.3 Å². The second kappa shape index (κ2) is 6.11.